The number of aryl methyl sites for hydroxylation is 1. The third kappa shape index (κ3) is 2.95. The molecule has 1 aromatic carbocycles. The fourth-order valence-electron chi connectivity index (χ4n) is 2.68. The van der Waals surface area contributed by atoms with Crippen LogP contribution in [0.3, 0.4) is 0 Å². The number of hydrogen-bond acceptors (Lipinski definition) is 6. The normalized spacial score (nSPS) is 12.4. The van der Waals surface area contributed by atoms with Crippen LogP contribution in [0, 0.1) is 0 Å². The Morgan fingerprint density at radius 1 is 1.23 bits per heavy atom. The van der Waals surface area contributed by atoms with E-state index in [0.717, 1.165) is 5.69 Å². The van der Waals surface area contributed by atoms with Crippen LogP contribution in [0.5, 0.6) is 0 Å². The van der Waals surface area contributed by atoms with Gasteiger partial charge in [-0.1, -0.05) is 18.2 Å². The maximum atomic E-state index is 12.3. The molecule has 3 heterocycles. The zero-order valence-electron chi connectivity index (χ0n) is 14.0. The van der Waals surface area contributed by atoms with Crippen molar-refractivity contribution in [2.75, 3.05) is 11.9 Å². The van der Waals surface area contributed by atoms with E-state index >= 15 is 0 Å². The van der Waals surface area contributed by atoms with Crippen molar-refractivity contribution in [3.8, 4) is 5.69 Å². The van der Waals surface area contributed by atoms with Gasteiger partial charge < -0.3 is 10.4 Å². The summed E-state index contributed by atoms with van der Waals surface area (Å²) >= 11 is 0. The van der Waals surface area contributed by atoms with Crippen molar-refractivity contribution in [3.63, 3.8) is 0 Å². The predicted molar refractivity (Wildman–Crippen MR) is 96.1 cm³/mol. The van der Waals surface area contributed by atoms with Crippen LogP contribution >= 0.6 is 0 Å². The topological polar surface area (TPSA) is 114 Å². The minimum absolute atomic E-state index is 0.180. The second-order valence-electron chi connectivity index (χ2n) is 5.89. The molecule has 0 saturated carbocycles. The largest absolute Gasteiger partial charge is 0.386 e. The van der Waals surface area contributed by atoms with Crippen LogP contribution in [-0.4, -0.2) is 41.2 Å². The number of para-hydroxylation sites is 1. The van der Waals surface area contributed by atoms with Crippen LogP contribution < -0.4 is 10.9 Å². The Balaban J connectivity index is 1.63. The second kappa shape index (κ2) is 6.45. The molecule has 3 N–H and O–H groups in total. The van der Waals surface area contributed by atoms with E-state index in [2.05, 4.69) is 25.5 Å². The Kier molecular flexibility index (Phi) is 3.98. The minimum Gasteiger partial charge on any atom is -0.386 e. The van der Waals surface area contributed by atoms with E-state index in [-0.39, 0.29) is 18.1 Å². The summed E-state index contributed by atoms with van der Waals surface area (Å²) in [6.07, 6.45) is 4.04. The molecule has 9 nitrogen and oxygen atoms in total. The van der Waals surface area contributed by atoms with Crippen LogP contribution in [0.1, 0.15) is 11.7 Å². The van der Waals surface area contributed by atoms with Gasteiger partial charge in [-0.15, -0.1) is 0 Å². The van der Waals surface area contributed by atoms with E-state index in [0.29, 0.717) is 16.6 Å². The van der Waals surface area contributed by atoms with Crippen molar-refractivity contribution < 1.29 is 5.11 Å². The van der Waals surface area contributed by atoms with Gasteiger partial charge in [-0.05, 0) is 12.1 Å². The van der Waals surface area contributed by atoms with E-state index in [1.807, 2.05) is 30.3 Å². The Hall–Kier alpha value is -3.46. The zero-order chi connectivity index (χ0) is 18.1. The number of nitrogens with one attached hydrogen (secondary N) is 2. The summed E-state index contributed by atoms with van der Waals surface area (Å²) in [5, 5.41) is 21.9. The highest BCUT2D eigenvalue weighted by atomic mass is 16.3. The predicted octanol–water partition coefficient (Wildman–Crippen LogP) is 0.988. The third-order valence-electron chi connectivity index (χ3n) is 4.01. The monoisotopic (exact) mass is 351 g/mol. The highest BCUT2D eigenvalue weighted by Gasteiger charge is 2.13. The molecular formula is C17H17N7O2. The molecule has 0 aliphatic carbocycles. The molecule has 0 aliphatic heterocycles. The molecule has 132 valence electrons. The van der Waals surface area contributed by atoms with Gasteiger partial charge in [0.15, 0.2) is 5.65 Å². The van der Waals surface area contributed by atoms with Gasteiger partial charge in [0.2, 0.25) is 5.95 Å². The van der Waals surface area contributed by atoms with E-state index in [9.17, 15) is 9.90 Å². The van der Waals surface area contributed by atoms with Crippen molar-refractivity contribution in [3.05, 3.63) is 64.8 Å². The average molecular weight is 351 g/mol. The highest BCUT2D eigenvalue weighted by molar-refractivity contribution is 5.76. The molecule has 0 saturated heterocycles. The molecule has 0 radical (unpaired) electrons. The van der Waals surface area contributed by atoms with Gasteiger partial charge in [0.05, 0.1) is 24.2 Å². The number of aromatic nitrogens is 6. The fourth-order valence-corrected chi connectivity index (χ4v) is 2.68. The highest BCUT2D eigenvalue weighted by Crippen LogP contribution is 2.16. The van der Waals surface area contributed by atoms with Crippen LogP contribution in [0.25, 0.3) is 16.7 Å². The SMILES string of the molecule is Cn1cc(C(O)CNc2nc3c(cnn3-c3ccccc3)c(=O)[nH]2)cn1. The van der Waals surface area contributed by atoms with Gasteiger partial charge in [-0.3, -0.25) is 14.5 Å². The van der Waals surface area contributed by atoms with Crippen molar-refractivity contribution in [2.24, 2.45) is 7.05 Å². The van der Waals surface area contributed by atoms with E-state index < -0.39 is 6.10 Å². The second-order valence-corrected chi connectivity index (χ2v) is 5.89. The number of hydrogen-bond donors (Lipinski definition) is 3. The van der Waals surface area contributed by atoms with Crippen molar-refractivity contribution in [1.29, 1.82) is 0 Å². The number of H-pyrrole nitrogens is 1. The van der Waals surface area contributed by atoms with Gasteiger partial charge >= 0.3 is 0 Å². The van der Waals surface area contributed by atoms with Crippen LogP contribution in [-0.2, 0) is 7.05 Å². The van der Waals surface area contributed by atoms with Crippen LogP contribution in [0.2, 0.25) is 0 Å². The first-order valence-electron chi connectivity index (χ1n) is 8.06. The smallest absolute Gasteiger partial charge is 0.263 e. The quantitative estimate of drug-likeness (QED) is 0.494. The lowest BCUT2D eigenvalue weighted by atomic mass is 10.2. The summed E-state index contributed by atoms with van der Waals surface area (Å²) in [5.74, 6) is 0.267. The third-order valence-corrected chi connectivity index (χ3v) is 4.01. The molecule has 1 unspecified atom stereocenters. The average Bonchev–Trinajstić information content (AvgIpc) is 3.27. The van der Waals surface area contributed by atoms with Gasteiger partial charge in [0.1, 0.15) is 5.39 Å². The molecular weight excluding hydrogens is 334 g/mol. The number of benzene rings is 1. The number of nitrogens with zero attached hydrogens (tertiary/aromatic N) is 5. The lowest BCUT2D eigenvalue weighted by Gasteiger charge is -2.10. The minimum atomic E-state index is -0.774. The van der Waals surface area contributed by atoms with Gasteiger partial charge in [-0.25, -0.2) is 4.68 Å². The number of fused-ring (bicyclic) bond motifs is 1. The Morgan fingerprint density at radius 3 is 2.77 bits per heavy atom. The summed E-state index contributed by atoms with van der Waals surface area (Å²) in [4.78, 5) is 19.4. The summed E-state index contributed by atoms with van der Waals surface area (Å²) in [5.41, 5.74) is 1.63. The standard InChI is InChI=1S/C17H17N7O2/c1-23-10-11(7-19-23)14(25)9-18-17-21-15-13(16(26)22-17)8-20-24(15)12-5-3-2-4-6-12/h2-8,10,14,25H,9H2,1H3,(H2,18,21,22,26). The van der Waals surface area contributed by atoms with Crippen LogP contribution in [0.4, 0.5) is 5.95 Å². The number of aromatic amines is 1. The Bertz CT molecular complexity index is 1100. The molecule has 0 amide bonds. The van der Waals surface area contributed by atoms with E-state index in [4.69, 9.17) is 0 Å². The first-order chi connectivity index (χ1) is 12.6. The summed E-state index contributed by atoms with van der Waals surface area (Å²) in [7, 11) is 1.78. The summed E-state index contributed by atoms with van der Waals surface area (Å²) in [6, 6.07) is 9.45. The zero-order valence-corrected chi connectivity index (χ0v) is 14.0. The van der Waals surface area contributed by atoms with Crippen molar-refractivity contribution in [2.45, 2.75) is 6.10 Å². The molecule has 0 aliphatic rings. The molecule has 4 aromatic rings. The molecule has 0 bridgehead atoms. The molecule has 3 aromatic heterocycles. The number of anilines is 1. The molecule has 1 atom stereocenters. The molecule has 0 spiro atoms. The number of aliphatic hydroxyl groups is 1. The lowest BCUT2D eigenvalue weighted by Crippen LogP contribution is -2.17. The van der Waals surface area contributed by atoms with Gasteiger partial charge in [-0.2, -0.15) is 15.2 Å². The van der Waals surface area contributed by atoms with E-state index in [1.165, 1.54) is 6.20 Å². The number of rotatable bonds is 5. The van der Waals surface area contributed by atoms with Gasteiger partial charge in [0.25, 0.3) is 5.56 Å². The maximum absolute atomic E-state index is 12.3. The molecule has 4 rings (SSSR count). The Labute approximate surface area is 147 Å². The van der Waals surface area contributed by atoms with Gasteiger partial charge in [0, 0.05) is 25.4 Å². The van der Waals surface area contributed by atoms with Crippen molar-refractivity contribution in [1.82, 2.24) is 29.5 Å². The maximum Gasteiger partial charge on any atom is 0.263 e. The number of aliphatic hydroxyl groups excluding tert-OH is 1. The molecule has 0 fully saturated rings. The lowest BCUT2D eigenvalue weighted by molar-refractivity contribution is 0.191. The Morgan fingerprint density at radius 2 is 2.04 bits per heavy atom. The first-order valence-corrected chi connectivity index (χ1v) is 8.06. The molecule has 9 heteroatoms. The summed E-state index contributed by atoms with van der Waals surface area (Å²) < 4.78 is 3.22. The molecule has 26 heavy (non-hydrogen) atoms. The summed E-state index contributed by atoms with van der Waals surface area (Å²) in [6.45, 7) is 0.180. The van der Waals surface area contributed by atoms with E-state index in [1.54, 1.807) is 28.8 Å². The fraction of sp³-hybridized carbons (Fsp3) is 0.176. The first kappa shape index (κ1) is 16.0. The van der Waals surface area contributed by atoms with Crippen LogP contribution in [0.15, 0.2) is 53.7 Å². The van der Waals surface area contributed by atoms with Crippen molar-refractivity contribution >= 4 is 17.0 Å².